The highest BCUT2D eigenvalue weighted by molar-refractivity contribution is 9.10. The molecule has 4 aliphatic carbocycles. The number of nitrogens with zero attached hydrogens (tertiary/aromatic N) is 2. The van der Waals surface area contributed by atoms with Gasteiger partial charge in [0.25, 0.3) is 0 Å². The third-order valence-electron chi connectivity index (χ3n) is 6.06. The molecule has 5 heteroatoms. The van der Waals surface area contributed by atoms with Gasteiger partial charge in [0, 0.05) is 11.7 Å². The van der Waals surface area contributed by atoms with Crippen LogP contribution in [0.1, 0.15) is 57.2 Å². The quantitative estimate of drug-likeness (QED) is 0.889. The number of carbonyl (C=O) groups excluding carboxylic acids is 1. The SMILES string of the molecule is Cc1nn([C@@H](C)C(=O)NC23CC4CC(CC(C4)C2)C3)cc1Br. The minimum atomic E-state index is -0.252. The molecule has 120 valence electrons. The van der Waals surface area contributed by atoms with Gasteiger partial charge in [-0.2, -0.15) is 5.10 Å². The van der Waals surface area contributed by atoms with Gasteiger partial charge in [0.2, 0.25) is 5.91 Å². The molecule has 0 aliphatic heterocycles. The standard InChI is InChI=1S/C17H24BrN3O/c1-10-15(18)9-21(20-10)11(2)16(22)19-17-6-12-3-13(7-17)5-14(4-12)8-17/h9,11-14H,3-8H2,1-2H3,(H,19,22)/t11-,12?,13?,14?,17?/m0/s1. The van der Waals surface area contributed by atoms with Gasteiger partial charge in [-0.05, 0) is 86.1 Å². The van der Waals surface area contributed by atoms with Crippen molar-refractivity contribution in [2.45, 2.75) is 64.0 Å². The molecule has 1 aromatic rings. The predicted molar refractivity (Wildman–Crippen MR) is 88.4 cm³/mol. The van der Waals surface area contributed by atoms with E-state index in [1.165, 1.54) is 38.5 Å². The van der Waals surface area contributed by atoms with Crippen LogP contribution in [0.2, 0.25) is 0 Å². The maximum Gasteiger partial charge on any atom is 0.245 e. The number of amides is 1. The normalized spacial score (nSPS) is 37.3. The summed E-state index contributed by atoms with van der Waals surface area (Å²) < 4.78 is 2.73. The number of hydrogen-bond acceptors (Lipinski definition) is 2. The topological polar surface area (TPSA) is 46.9 Å². The second kappa shape index (κ2) is 5.08. The van der Waals surface area contributed by atoms with E-state index < -0.39 is 0 Å². The maximum absolute atomic E-state index is 12.8. The average molecular weight is 366 g/mol. The largest absolute Gasteiger partial charge is 0.349 e. The van der Waals surface area contributed by atoms with E-state index >= 15 is 0 Å². The summed E-state index contributed by atoms with van der Waals surface area (Å²) in [7, 11) is 0. The first-order chi connectivity index (χ1) is 10.4. The Morgan fingerprint density at radius 2 is 1.86 bits per heavy atom. The predicted octanol–water partition coefficient (Wildman–Crippen LogP) is 3.60. The lowest BCUT2D eigenvalue weighted by molar-refractivity contribution is -0.129. The molecule has 0 radical (unpaired) electrons. The molecule has 1 amide bonds. The minimum absolute atomic E-state index is 0.0829. The molecule has 0 spiro atoms. The van der Waals surface area contributed by atoms with Crippen LogP contribution in [-0.2, 0) is 4.79 Å². The zero-order chi connectivity index (χ0) is 15.5. The first kappa shape index (κ1) is 14.7. The molecule has 1 atom stereocenters. The highest BCUT2D eigenvalue weighted by atomic mass is 79.9. The first-order valence-electron chi connectivity index (χ1n) is 8.47. The number of nitrogens with one attached hydrogen (secondary N) is 1. The van der Waals surface area contributed by atoms with Crippen molar-refractivity contribution < 1.29 is 4.79 Å². The Balaban J connectivity index is 1.49. The van der Waals surface area contributed by atoms with Gasteiger partial charge in [-0.3, -0.25) is 9.48 Å². The molecule has 0 unspecified atom stereocenters. The Hall–Kier alpha value is -0.840. The molecular formula is C17H24BrN3O. The highest BCUT2D eigenvalue weighted by Gasteiger charge is 2.51. The van der Waals surface area contributed by atoms with Gasteiger partial charge in [-0.15, -0.1) is 0 Å². The molecular weight excluding hydrogens is 342 g/mol. The second-order valence-corrected chi connectivity index (χ2v) is 8.76. The minimum Gasteiger partial charge on any atom is -0.349 e. The zero-order valence-electron chi connectivity index (χ0n) is 13.3. The van der Waals surface area contributed by atoms with Crippen molar-refractivity contribution in [3.05, 3.63) is 16.4 Å². The van der Waals surface area contributed by atoms with Gasteiger partial charge in [0.15, 0.2) is 0 Å². The van der Waals surface area contributed by atoms with Gasteiger partial charge in [-0.1, -0.05) is 0 Å². The summed E-state index contributed by atoms with van der Waals surface area (Å²) in [6, 6.07) is -0.252. The van der Waals surface area contributed by atoms with Gasteiger partial charge >= 0.3 is 0 Å². The van der Waals surface area contributed by atoms with E-state index in [1.807, 2.05) is 20.0 Å². The Morgan fingerprint density at radius 3 is 2.32 bits per heavy atom. The van der Waals surface area contributed by atoms with Crippen LogP contribution in [0.3, 0.4) is 0 Å². The van der Waals surface area contributed by atoms with E-state index in [0.717, 1.165) is 27.9 Å². The highest BCUT2D eigenvalue weighted by Crippen LogP contribution is 2.55. The van der Waals surface area contributed by atoms with E-state index in [0.29, 0.717) is 0 Å². The number of carbonyl (C=O) groups is 1. The van der Waals surface area contributed by atoms with Gasteiger partial charge < -0.3 is 5.32 Å². The first-order valence-corrected chi connectivity index (χ1v) is 9.27. The number of rotatable bonds is 3. The number of aromatic nitrogens is 2. The van der Waals surface area contributed by atoms with Gasteiger partial charge in [-0.25, -0.2) is 0 Å². The fourth-order valence-electron chi connectivity index (χ4n) is 5.41. The van der Waals surface area contributed by atoms with Crippen LogP contribution in [0.5, 0.6) is 0 Å². The Kier molecular flexibility index (Phi) is 3.40. The second-order valence-electron chi connectivity index (χ2n) is 7.91. The number of halogens is 1. The lowest BCUT2D eigenvalue weighted by Gasteiger charge is -2.57. The van der Waals surface area contributed by atoms with E-state index in [-0.39, 0.29) is 17.5 Å². The fraction of sp³-hybridized carbons (Fsp3) is 0.765. The van der Waals surface area contributed by atoms with Crippen LogP contribution in [0.25, 0.3) is 0 Å². The van der Waals surface area contributed by atoms with Crippen molar-refractivity contribution in [3.63, 3.8) is 0 Å². The Labute approximate surface area is 140 Å². The van der Waals surface area contributed by atoms with E-state index in [1.54, 1.807) is 4.68 Å². The summed E-state index contributed by atoms with van der Waals surface area (Å²) in [5.41, 5.74) is 1.01. The lowest BCUT2D eigenvalue weighted by Crippen LogP contribution is -2.60. The number of hydrogen-bond donors (Lipinski definition) is 1. The Morgan fingerprint density at radius 1 is 1.32 bits per heavy atom. The van der Waals surface area contributed by atoms with Gasteiger partial charge in [0.1, 0.15) is 6.04 Å². The Bertz CT molecular complexity index is 554. The van der Waals surface area contributed by atoms with Crippen LogP contribution in [-0.4, -0.2) is 21.2 Å². The number of aryl methyl sites for hydroxylation is 1. The summed E-state index contributed by atoms with van der Waals surface area (Å²) in [6.45, 7) is 3.89. The van der Waals surface area contributed by atoms with E-state index in [2.05, 4.69) is 26.3 Å². The van der Waals surface area contributed by atoms with Crippen LogP contribution < -0.4 is 5.32 Å². The van der Waals surface area contributed by atoms with E-state index in [4.69, 9.17) is 0 Å². The average Bonchev–Trinajstić information content (AvgIpc) is 2.75. The van der Waals surface area contributed by atoms with Crippen LogP contribution in [0.15, 0.2) is 10.7 Å². The van der Waals surface area contributed by atoms with Crippen molar-refractivity contribution in [2.24, 2.45) is 17.8 Å². The molecule has 1 N–H and O–H groups in total. The molecule has 1 aromatic heterocycles. The molecule has 4 aliphatic rings. The third kappa shape index (κ3) is 2.41. The van der Waals surface area contributed by atoms with Crippen LogP contribution in [0.4, 0.5) is 0 Å². The van der Waals surface area contributed by atoms with E-state index in [9.17, 15) is 4.79 Å². The van der Waals surface area contributed by atoms with Crippen molar-refractivity contribution in [1.82, 2.24) is 15.1 Å². The molecule has 22 heavy (non-hydrogen) atoms. The van der Waals surface area contributed by atoms with Crippen molar-refractivity contribution in [1.29, 1.82) is 0 Å². The zero-order valence-corrected chi connectivity index (χ0v) is 14.9. The van der Waals surface area contributed by atoms with Crippen LogP contribution >= 0.6 is 15.9 Å². The summed E-state index contributed by atoms with van der Waals surface area (Å²) in [6.07, 6.45) is 9.68. The molecule has 4 bridgehead atoms. The summed E-state index contributed by atoms with van der Waals surface area (Å²) in [5, 5.41) is 7.87. The monoisotopic (exact) mass is 365 g/mol. The maximum atomic E-state index is 12.8. The molecule has 4 nitrogen and oxygen atoms in total. The van der Waals surface area contributed by atoms with Crippen molar-refractivity contribution in [3.8, 4) is 0 Å². The van der Waals surface area contributed by atoms with Crippen molar-refractivity contribution in [2.75, 3.05) is 0 Å². The third-order valence-corrected chi connectivity index (χ3v) is 6.84. The molecule has 0 aromatic carbocycles. The summed E-state index contributed by atoms with van der Waals surface area (Å²) >= 11 is 3.47. The van der Waals surface area contributed by atoms with Gasteiger partial charge in [0.05, 0.1) is 10.2 Å². The smallest absolute Gasteiger partial charge is 0.245 e. The molecule has 1 heterocycles. The fourth-order valence-corrected chi connectivity index (χ4v) is 5.70. The molecule has 5 rings (SSSR count). The molecule has 0 saturated heterocycles. The summed E-state index contributed by atoms with van der Waals surface area (Å²) in [5.74, 6) is 2.67. The lowest BCUT2D eigenvalue weighted by atomic mass is 9.53. The van der Waals surface area contributed by atoms with Crippen LogP contribution in [0, 0.1) is 24.7 Å². The molecule has 4 saturated carbocycles. The van der Waals surface area contributed by atoms with Crippen molar-refractivity contribution >= 4 is 21.8 Å². The summed E-state index contributed by atoms with van der Waals surface area (Å²) in [4.78, 5) is 12.8. The molecule has 4 fully saturated rings.